The molecule has 0 saturated carbocycles. The number of sulfonamides is 1. The molecule has 2 aromatic rings. The Balaban J connectivity index is 1.63. The Morgan fingerprint density at radius 2 is 1.96 bits per heavy atom. The van der Waals surface area contributed by atoms with E-state index in [1.54, 1.807) is 12.1 Å². The summed E-state index contributed by atoms with van der Waals surface area (Å²) in [6.45, 7) is 0.221. The van der Waals surface area contributed by atoms with E-state index in [9.17, 15) is 13.5 Å². The fraction of sp³-hybridized carbons (Fsp3) is 0.412. The third kappa shape index (κ3) is 4.01. The summed E-state index contributed by atoms with van der Waals surface area (Å²) in [6.07, 6.45) is 4.03. The molecule has 1 aliphatic rings. The lowest BCUT2D eigenvalue weighted by Gasteiger charge is -2.17. The van der Waals surface area contributed by atoms with Gasteiger partial charge in [-0.25, -0.2) is 13.1 Å². The molecule has 6 heteroatoms. The molecule has 4 nitrogen and oxygen atoms in total. The number of thiophene rings is 1. The maximum Gasteiger partial charge on any atom is 0.240 e. The predicted molar refractivity (Wildman–Crippen MR) is 92.2 cm³/mol. The average Bonchev–Trinajstić information content (AvgIpc) is 3.08. The van der Waals surface area contributed by atoms with Crippen molar-refractivity contribution in [3.63, 3.8) is 0 Å². The van der Waals surface area contributed by atoms with Crippen molar-refractivity contribution in [2.45, 2.75) is 43.1 Å². The number of hydrogen-bond donors (Lipinski definition) is 2. The van der Waals surface area contributed by atoms with Crippen molar-refractivity contribution < 1.29 is 13.5 Å². The van der Waals surface area contributed by atoms with Crippen molar-refractivity contribution in [2.24, 2.45) is 0 Å². The van der Waals surface area contributed by atoms with E-state index in [1.165, 1.54) is 23.3 Å². The fourth-order valence-corrected chi connectivity index (χ4v) is 4.76. The molecule has 0 spiro atoms. The second kappa shape index (κ2) is 7.13. The minimum Gasteiger partial charge on any atom is -0.388 e. The van der Waals surface area contributed by atoms with Crippen LogP contribution in [0, 0.1) is 0 Å². The van der Waals surface area contributed by atoms with Gasteiger partial charge >= 0.3 is 0 Å². The van der Waals surface area contributed by atoms with Crippen LogP contribution in [0.2, 0.25) is 0 Å². The molecule has 0 radical (unpaired) electrons. The molecule has 0 unspecified atom stereocenters. The molecule has 124 valence electrons. The van der Waals surface area contributed by atoms with Crippen LogP contribution >= 0.6 is 11.3 Å². The molecule has 3 rings (SSSR count). The van der Waals surface area contributed by atoms with Gasteiger partial charge in [-0.15, -0.1) is 11.3 Å². The maximum atomic E-state index is 12.4. The summed E-state index contributed by atoms with van der Waals surface area (Å²) in [5, 5.41) is 11.9. The van der Waals surface area contributed by atoms with E-state index in [0.29, 0.717) is 11.3 Å². The average molecular weight is 351 g/mol. The van der Waals surface area contributed by atoms with Crippen molar-refractivity contribution in [3.8, 4) is 0 Å². The van der Waals surface area contributed by atoms with Crippen molar-refractivity contribution in [1.82, 2.24) is 4.72 Å². The van der Waals surface area contributed by atoms with E-state index in [0.717, 1.165) is 29.7 Å². The van der Waals surface area contributed by atoms with E-state index in [1.807, 2.05) is 23.6 Å². The van der Waals surface area contributed by atoms with Crippen LogP contribution < -0.4 is 4.72 Å². The summed E-state index contributed by atoms with van der Waals surface area (Å²) in [4.78, 5) is 1.18. The van der Waals surface area contributed by atoms with E-state index in [-0.39, 0.29) is 6.54 Å². The van der Waals surface area contributed by atoms with Crippen molar-refractivity contribution >= 4 is 21.4 Å². The topological polar surface area (TPSA) is 66.4 Å². The van der Waals surface area contributed by atoms with Gasteiger partial charge in [0.2, 0.25) is 10.0 Å². The summed E-state index contributed by atoms with van der Waals surface area (Å²) in [7, 11) is -3.52. The Morgan fingerprint density at radius 1 is 1.17 bits per heavy atom. The van der Waals surface area contributed by atoms with Crippen LogP contribution in [-0.4, -0.2) is 20.1 Å². The Hall–Kier alpha value is -1.21. The lowest BCUT2D eigenvalue weighted by molar-refractivity contribution is 0.173. The molecule has 0 amide bonds. The zero-order chi connectivity index (χ0) is 16.3. The Morgan fingerprint density at radius 3 is 2.70 bits per heavy atom. The summed E-state index contributed by atoms with van der Waals surface area (Å²) in [5.74, 6) is 0. The molecule has 23 heavy (non-hydrogen) atoms. The van der Waals surface area contributed by atoms with Gasteiger partial charge in [-0.2, -0.15) is 0 Å². The van der Waals surface area contributed by atoms with Gasteiger partial charge in [-0.1, -0.05) is 12.1 Å². The highest BCUT2D eigenvalue weighted by Crippen LogP contribution is 2.24. The molecule has 2 N–H and O–H groups in total. The van der Waals surface area contributed by atoms with Gasteiger partial charge in [-0.3, -0.25) is 0 Å². The van der Waals surface area contributed by atoms with Crippen LogP contribution in [0.4, 0.5) is 0 Å². The van der Waals surface area contributed by atoms with Crippen LogP contribution in [0.3, 0.4) is 0 Å². The molecule has 1 atom stereocenters. The van der Waals surface area contributed by atoms with Crippen LogP contribution in [-0.2, 0) is 22.9 Å². The van der Waals surface area contributed by atoms with Gasteiger partial charge in [0, 0.05) is 11.4 Å². The molecule has 0 bridgehead atoms. The molecular weight excluding hydrogens is 330 g/mol. The largest absolute Gasteiger partial charge is 0.388 e. The van der Waals surface area contributed by atoms with Crippen molar-refractivity contribution in [2.75, 3.05) is 6.54 Å². The van der Waals surface area contributed by atoms with Crippen LogP contribution in [0.1, 0.15) is 41.4 Å². The zero-order valence-corrected chi connectivity index (χ0v) is 14.5. The number of rotatable bonds is 6. The van der Waals surface area contributed by atoms with Crippen molar-refractivity contribution in [1.29, 1.82) is 0 Å². The first-order valence-electron chi connectivity index (χ1n) is 7.89. The molecule has 1 aliphatic carbocycles. The number of aliphatic hydroxyl groups excluding tert-OH is 1. The zero-order valence-electron chi connectivity index (χ0n) is 12.9. The van der Waals surface area contributed by atoms with Crippen LogP contribution in [0.5, 0.6) is 0 Å². The Labute approximate surface area is 141 Å². The predicted octanol–water partition coefficient (Wildman–Crippen LogP) is 3.03. The Bertz CT molecular complexity index is 754. The van der Waals surface area contributed by atoms with Gasteiger partial charge < -0.3 is 5.11 Å². The second-order valence-electron chi connectivity index (χ2n) is 5.86. The summed E-state index contributed by atoms with van der Waals surface area (Å²) < 4.78 is 27.4. The summed E-state index contributed by atoms with van der Waals surface area (Å²) >= 11 is 1.47. The number of hydrogen-bond acceptors (Lipinski definition) is 4. The number of aliphatic hydroxyl groups is 1. The fourth-order valence-electron chi connectivity index (χ4n) is 2.91. The molecule has 1 aromatic carbocycles. The number of benzene rings is 1. The molecule has 1 heterocycles. The Kier molecular flexibility index (Phi) is 5.16. The highest BCUT2D eigenvalue weighted by molar-refractivity contribution is 7.89. The lowest BCUT2D eigenvalue weighted by atomic mass is 9.92. The van der Waals surface area contributed by atoms with E-state index in [2.05, 4.69) is 4.72 Å². The third-order valence-electron chi connectivity index (χ3n) is 4.21. The van der Waals surface area contributed by atoms with Crippen molar-refractivity contribution in [3.05, 3.63) is 51.7 Å². The minimum absolute atomic E-state index is 0.221. The van der Waals surface area contributed by atoms with Crippen LogP contribution in [0.25, 0.3) is 0 Å². The smallest absolute Gasteiger partial charge is 0.240 e. The van der Waals surface area contributed by atoms with E-state index < -0.39 is 16.1 Å². The summed E-state index contributed by atoms with van der Waals surface area (Å²) in [5.41, 5.74) is 2.42. The monoisotopic (exact) mass is 351 g/mol. The maximum absolute atomic E-state index is 12.4. The second-order valence-corrected chi connectivity index (χ2v) is 8.60. The molecule has 0 aliphatic heterocycles. The molecule has 0 fully saturated rings. The molecule has 0 saturated heterocycles. The van der Waals surface area contributed by atoms with Crippen LogP contribution in [0.15, 0.2) is 40.6 Å². The number of fused-ring (bicyclic) bond motifs is 1. The molecule has 1 aromatic heterocycles. The normalized spacial score (nSPS) is 16.0. The third-order valence-corrected chi connectivity index (χ3v) is 6.64. The standard InChI is InChI=1S/C17H21NO3S2/c19-16(17-6-3-11-22-17)9-10-18-23(20,21)15-8-7-13-4-1-2-5-14(13)12-15/h3,6-8,11-12,16,18-19H,1-2,4-5,9-10H2/t16-/m1/s1. The summed E-state index contributed by atoms with van der Waals surface area (Å²) in [6, 6.07) is 9.14. The first-order valence-corrected chi connectivity index (χ1v) is 10.3. The SMILES string of the molecule is O=S(=O)(NCC[C@@H](O)c1cccs1)c1ccc2c(c1)CCCC2. The van der Waals surface area contributed by atoms with Gasteiger partial charge in [0.05, 0.1) is 11.0 Å². The van der Waals surface area contributed by atoms with Gasteiger partial charge in [0.1, 0.15) is 0 Å². The highest BCUT2D eigenvalue weighted by atomic mass is 32.2. The highest BCUT2D eigenvalue weighted by Gasteiger charge is 2.18. The minimum atomic E-state index is -3.52. The molecular formula is C17H21NO3S2. The van der Waals surface area contributed by atoms with Gasteiger partial charge in [0.25, 0.3) is 0 Å². The van der Waals surface area contributed by atoms with E-state index in [4.69, 9.17) is 0 Å². The van der Waals surface area contributed by atoms with E-state index >= 15 is 0 Å². The lowest BCUT2D eigenvalue weighted by Crippen LogP contribution is -2.26. The first kappa shape index (κ1) is 16.6. The first-order chi connectivity index (χ1) is 11.1. The van der Waals surface area contributed by atoms with Gasteiger partial charge in [-0.05, 0) is 66.8 Å². The number of nitrogens with one attached hydrogen (secondary N) is 1. The number of aryl methyl sites for hydroxylation is 2. The quantitative estimate of drug-likeness (QED) is 0.841. The van der Waals surface area contributed by atoms with Gasteiger partial charge in [0.15, 0.2) is 0 Å².